The first-order valence-corrected chi connectivity index (χ1v) is 13.2. The van der Waals surface area contributed by atoms with E-state index >= 15 is 0 Å². The van der Waals surface area contributed by atoms with Gasteiger partial charge in [-0.15, -0.1) is 5.10 Å². The number of fused-ring (bicyclic) bond motifs is 1. The van der Waals surface area contributed by atoms with Gasteiger partial charge in [-0.2, -0.15) is 10.1 Å². The van der Waals surface area contributed by atoms with Gasteiger partial charge in [0.05, 0.1) is 0 Å². The summed E-state index contributed by atoms with van der Waals surface area (Å²) >= 11 is 0. The molecule has 3 aliphatic rings. The third kappa shape index (κ3) is 4.73. The monoisotopic (exact) mass is 506 g/mol. The molecule has 1 aliphatic carbocycles. The van der Waals surface area contributed by atoms with Gasteiger partial charge in [0, 0.05) is 37.9 Å². The fraction of sp³-hybridized carbons (Fsp3) is 0.560. The van der Waals surface area contributed by atoms with Crippen molar-refractivity contribution in [3.63, 3.8) is 0 Å². The molecule has 12 heteroatoms. The zero-order chi connectivity index (χ0) is 25.6. The second-order valence-corrected chi connectivity index (χ2v) is 10.8. The number of anilines is 3. The number of rotatable bonds is 8. The van der Waals surface area contributed by atoms with Crippen molar-refractivity contribution in [2.24, 2.45) is 11.7 Å². The Morgan fingerprint density at radius 2 is 2.11 bits per heavy atom. The maximum atomic E-state index is 13.7. The zero-order valence-corrected chi connectivity index (χ0v) is 21.1. The SMILES string of the molecule is C[C@@]1(C(=O)NC2CCCN(CC3CC3)C2)CCCN1c1nc(Nc2cc(C(N)=O)[nH]n2)c2cccn2n1. The van der Waals surface area contributed by atoms with Gasteiger partial charge in [-0.3, -0.25) is 14.7 Å². The molecule has 3 aromatic rings. The van der Waals surface area contributed by atoms with Crippen molar-refractivity contribution in [1.29, 1.82) is 0 Å². The zero-order valence-electron chi connectivity index (χ0n) is 21.1. The minimum atomic E-state index is -0.748. The van der Waals surface area contributed by atoms with Crippen LogP contribution < -0.4 is 21.3 Å². The fourth-order valence-corrected chi connectivity index (χ4v) is 5.63. The predicted octanol–water partition coefficient (Wildman–Crippen LogP) is 1.64. The van der Waals surface area contributed by atoms with E-state index in [0.717, 1.165) is 56.8 Å². The van der Waals surface area contributed by atoms with Crippen molar-refractivity contribution in [2.75, 3.05) is 36.4 Å². The first kappa shape index (κ1) is 23.7. The molecule has 2 aliphatic heterocycles. The number of carbonyl (C=O) groups excluding carboxylic acids is 2. The number of nitrogens with zero attached hydrogens (tertiary/aromatic N) is 6. The van der Waals surface area contributed by atoms with Gasteiger partial charge in [-0.25, -0.2) is 4.52 Å². The van der Waals surface area contributed by atoms with Crippen molar-refractivity contribution in [1.82, 2.24) is 35.0 Å². The van der Waals surface area contributed by atoms with Crippen LogP contribution in [0.4, 0.5) is 17.6 Å². The molecule has 6 rings (SSSR count). The predicted molar refractivity (Wildman–Crippen MR) is 139 cm³/mol. The molecule has 0 spiro atoms. The van der Waals surface area contributed by atoms with Crippen LogP contribution in [-0.4, -0.2) is 79.3 Å². The van der Waals surface area contributed by atoms with Gasteiger partial charge in [0.2, 0.25) is 11.9 Å². The van der Waals surface area contributed by atoms with Gasteiger partial charge in [0.1, 0.15) is 16.7 Å². The normalized spacial score (nSPS) is 24.5. The molecule has 0 bridgehead atoms. The molecular weight excluding hydrogens is 472 g/mol. The molecule has 12 nitrogen and oxygen atoms in total. The van der Waals surface area contributed by atoms with Crippen LogP contribution in [0.3, 0.4) is 0 Å². The van der Waals surface area contributed by atoms with E-state index in [4.69, 9.17) is 15.8 Å². The van der Waals surface area contributed by atoms with E-state index in [1.807, 2.05) is 30.2 Å². The summed E-state index contributed by atoms with van der Waals surface area (Å²) in [5.74, 6) is 1.69. The first-order valence-electron chi connectivity index (χ1n) is 13.2. The van der Waals surface area contributed by atoms with Crippen LogP contribution in [0.5, 0.6) is 0 Å². The topological polar surface area (TPSA) is 150 Å². The lowest BCUT2D eigenvalue weighted by Gasteiger charge is -2.38. The number of aromatic amines is 1. The average Bonchev–Trinajstić information content (AvgIpc) is 3.25. The summed E-state index contributed by atoms with van der Waals surface area (Å²) in [6.07, 6.45) is 8.26. The number of aromatic nitrogens is 5. The Hall–Kier alpha value is -3.67. The standard InChI is InChI=1S/C25H34N10O2/c1-25(23(37)27-17-5-2-10-33(15-17)14-16-7-8-16)9-4-11-34(25)24-29-22(19-6-3-12-35(19)32-24)28-20-13-18(21(26)36)30-31-20/h3,6,12-13,16-17H,2,4-5,7-11,14-15H2,1H3,(H2,26,36)(H,27,37)(H2,28,29,30,31,32)/t17?,25-/m0/s1. The molecule has 196 valence electrons. The van der Waals surface area contributed by atoms with Crippen LogP contribution in [0.15, 0.2) is 24.4 Å². The molecule has 2 amide bonds. The smallest absolute Gasteiger partial charge is 0.266 e. The number of amides is 2. The number of nitrogens with one attached hydrogen (secondary N) is 3. The van der Waals surface area contributed by atoms with Crippen LogP contribution in [-0.2, 0) is 4.79 Å². The minimum absolute atomic E-state index is 0.0346. The van der Waals surface area contributed by atoms with Gasteiger partial charge in [0.15, 0.2) is 11.6 Å². The molecule has 3 aromatic heterocycles. The Bertz CT molecular complexity index is 1310. The Labute approximate surface area is 215 Å². The quantitative estimate of drug-likeness (QED) is 0.360. The highest BCUT2D eigenvalue weighted by Gasteiger charge is 2.45. The van der Waals surface area contributed by atoms with Crippen LogP contribution >= 0.6 is 0 Å². The van der Waals surface area contributed by atoms with Gasteiger partial charge < -0.3 is 26.2 Å². The summed E-state index contributed by atoms with van der Waals surface area (Å²) in [4.78, 5) is 34.5. The number of hydrogen-bond acceptors (Lipinski definition) is 8. The van der Waals surface area contributed by atoms with Crippen LogP contribution in [0, 0.1) is 5.92 Å². The van der Waals surface area contributed by atoms with Gasteiger partial charge in [-0.05, 0) is 70.0 Å². The molecular formula is C25H34N10O2. The average molecular weight is 507 g/mol. The summed E-state index contributed by atoms with van der Waals surface area (Å²) in [7, 11) is 0. The number of nitrogens with two attached hydrogens (primary N) is 1. The number of piperidine rings is 1. The molecule has 3 fully saturated rings. The maximum Gasteiger partial charge on any atom is 0.266 e. The van der Waals surface area contributed by atoms with E-state index < -0.39 is 11.4 Å². The van der Waals surface area contributed by atoms with E-state index in [9.17, 15) is 9.59 Å². The molecule has 0 aromatic carbocycles. The highest BCUT2D eigenvalue weighted by molar-refractivity contribution is 5.92. The van der Waals surface area contributed by atoms with Gasteiger partial charge in [0.25, 0.3) is 5.91 Å². The van der Waals surface area contributed by atoms with E-state index in [1.54, 1.807) is 4.52 Å². The van der Waals surface area contributed by atoms with Gasteiger partial charge >= 0.3 is 0 Å². The summed E-state index contributed by atoms with van der Waals surface area (Å²) in [5.41, 5.74) is 5.54. The lowest BCUT2D eigenvalue weighted by molar-refractivity contribution is -0.126. The highest BCUT2D eigenvalue weighted by atomic mass is 16.2. The molecule has 37 heavy (non-hydrogen) atoms. The number of carbonyl (C=O) groups is 2. The summed E-state index contributed by atoms with van der Waals surface area (Å²) in [6, 6.07) is 5.47. The minimum Gasteiger partial charge on any atom is -0.364 e. The lowest BCUT2D eigenvalue weighted by Crippen LogP contribution is -2.58. The van der Waals surface area contributed by atoms with Crippen LogP contribution in [0.1, 0.15) is 55.9 Å². The number of primary amides is 1. The summed E-state index contributed by atoms with van der Waals surface area (Å²) < 4.78 is 1.74. The molecule has 5 N–H and O–H groups in total. The fourth-order valence-electron chi connectivity index (χ4n) is 5.63. The summed E-state index contributed by atoms with van der Waals surface area (Å²) in [5, 5.41) is 18.0. The van der Waals surface area contributed by atoms with Crippen molar-refractivity contribution in [2.45, 2.75) is 57.0 Å². The number of hydrogen-bond donors (Lipinski definition) is 4. The first-order chi connectivity index (χ1) is 17.9. The van der Waals surface area contributed by atoms with E-state index in [1.165, 1.54) is 18.9 Å². The Balaban J connectivity index is 1.22. The molecule has 1 unspecified atom stereocenters. The van der Waals surface area contributed by atoms with E-state index in [0.29, 0.717) is 24.1 Å². The van der Waals surface area contributed by atoms with Crippen molar-refractivity contribution < 1.29 is 9.59 Å². The van der Waals surface area contributed by atoms with Crippen LogP contribution in [0.2, 0.25) is 0 Å². The van der Waals surface area contributed by atoms with Crippen molar-refractivity contribution >= 4 is 34.9 Å². The second-order valence-electron chi connectivity index (χ2n) is 10.8. The molecule has 2 atom stereocenters. The van der Waals surface area contributed by atoms with Crippen molar-refractivity contribution in [3.05, 3.63) is 30.1 Å². The van der Waals surface area contributed by atoms with E-state index in [-0.39, 0.29) is 17.6 Å². The highest BCUT2D eigenvalue weighted by Crippen LogP contribution is 2.34. The molecule has 0 radical (unpaired) electrons. The number of likely N-dealkylation sites (tertiary alicyclic amines) is 1. The maximum absolute atomic E-state index is 13.7. The molecule has 1 saturated carbocycles. The Kier molecular flexibility index (Phi) is 5.98. The third-order valence-electron chi connectivity index (χ3n) is 7.90. The van der Waals surface area contributed by atoms with Crippen LogP contribution in [0.25, 0.3) is 5.52 Å². The molecule has 2 saturated heterocycles. The lowest BCUT2D eigenvalue weighted by atomic mass is 9.96. The number of H-pyrrole nitrogens is 1. The Morgan fingerprint density at radius 1 is 1.24 bits per heavy atom. The molecule has 5 heterocycles. The Morgan fingerprint density at radius 3 is 2.89 bits per heavy atom. The second kappa shape index (κ2) is 9.33. The van der Waals surface area contributed by atoms with E-state index in [2.05, 4.69) is 25.7 Å². The third-order valence-corrected chi connectivity index (χ3v) is 7.90. The summed E-state index contributed by atoms with van der Waals surface area (Å²) in [6.45, 7) is 5.89. The largest absolute Gasteiger partial charge is 0.364 e. The van der Waals surface area contributed by atoms with Crippen molar-refractivity contribution in [3.8, 4) is 0 Å². The van der Waals surface area contributed by atoms with Gasteiger partial charge in [-0.1, -0.05) is 0 Å².